The van der Waals surface area contributed by atoms with Crippen LogP contribution in [-0.2, 0) is 6.54 Å². The summed E-state index contributed by atoms with van der Waals surface area (Å²) in [6, 6.07) is 7.85. The number of nitrogen functional groups attached to an aromatic ring is 1. The van der Waals surface area contributed by atoms with Crippen LogP contribution in [0.4, 0.5) is 20.2 Å². The highest BCUT2D eigenvalue weighted by molar-refractivity contribution is 5.54. The minimum absolute atomic E-state index is 0.182. The monoisotopic (exact) mass is 262 g/mol. The van der Waals surface area contributed by atoms with Crippen molar-refractivity contribution in [2.75, 3.05) is 11.1 Å². The summed E-state index contributed by atoms with van der Waals surface area (Å²) in [6.07, 6.45) is 0. The van der Waals surface area contributed by atoms with E-state index in [2.05, 4.69) is 5.32 Å². The molecule has 0 aliphatic heterocycles. The molecule has 2 nitrogen and oxygen atoms in total. The first kappa shape index (κ1) is 13.3. The van der Waals surface area contributed by atoms with Crippen molar-refractivity contribution in [2.24, 2.45) is 0 Å². The molecule has 0 spiro atoms. The van der Waals surface area contributed by atoms with Crippen molar-refractivity contribution >= 4 is 11.4 Å². The molecule has 0 saturated heterocycles. The molecule has 0 atom stereocenters. The normalized spacial score (nSPS) is 10.5. The lowest BCUT2D eigenvalue weighted by atomic mass is 10.1. The van der Waals surface area contributed by atoms with Crippen LogP contribution < -0.4 is 11.1 Å². The maximum absolute atomic E-state index is 13.5. The number of hydrogen-bond donors (Lipinski definition) is 2. The Morgan fingerprint density at radius 1 is 1.00 bits per heavy atom. The maximum Gasteiger partial charge on any atom is 0.129 e. The maximum atomic E-state index is 13.5. The van der Waals surface area contributed by atoms with Crippen LogP contribution in [0.25, 0.3) is 0 Å². The van der Waals surface area contributed by atoms with Crippen LogP contribution in [0.15, 0.2) is 30.3 Å². The minimum atomic E-state index is -0.381. The van der Waals surface area contributed by atoms with Crippen LogP contribution in [0, 0.1) is 25.5 Å². The second-order valence-corrected chi connectivity index (χ2v) is 4.67. The summed E-state index contributed by atoms with van der Waals surface area (Å²) in [6.45, 7) is 3.95. The predicted octanol–water partition coefficient (Wildman–Crippen LogP) is 3.78. The average molecular weight is 262 g/mol. The van der Waals surface area contributed by atoms with Crippen molar-refractivity contribution in [1.82, 2.24) is 0 Å². The third-order valence-electron chi connectivity index (χ3n) is 2.91. The number of aryl methyl sites for hydroxylation is 2. The van der Waals surface area contributed by atoms with E-state index in [0.717, 1.165) is 5.56 Å². The van der Waals surface area contributed by atoms with Crippen molar-refractivity contribution in [2.45, 2.75) is 20.4 Å². The number of benzene rings is 2. The molecule has 4 heteroatoms. The molecule has 0 amide bonds. The topological polar surface area (TPSA) is 38.0 Å². The highest BCUT2D eigenvalue weighted by atomic mass is 19.1. The summed E-state index contributed by atoms with van der Waals surface area (Å²) in [7, 11) is 0. The highest BCUT2D eigenvalue weighted by Gasteiger charge is 2.04. The quantitative estimate of drug-likeness (QED) is 0.826. The fourth-order valence-electron chi connectivity index (χ4n) is 2.06. The summed E-state index contributed by atoms with van der Waals surface area (Å²) in [5.41, 5.74) is 8.70. The first-order chi connectivity index (χ1) is 8.95. The number of halogens is 2. The molecule has 0 aromatic heterocycles. The van der Waals surface area contributed by atoms with Crippen LogP contribution in [0.5, 0.6) is 0 Å². The lowest BCUT2D eigenvalue weighted by Gasteiger charge is -2.10. The summed E-state index contributed by atoms with van der Waals surface area (Å²) < 4.78 is 26.7. The van der Waals surface area contributed by atoms with Gasteiger partial charge in [-0.2, -0.15) is 0 Å². The first-order valence-electron chi connectivity index (χ1n) is 6.01. The lowest BCUT2D eigenvalue weighted by molar-refractivity contribution is 0.608. The Labute approximate surface area is 111 Å². The van der Waals surface area contributed by atoms with E-state index in [1.807, 2.05) is 0 Å². The minimum Gasteiger partial charge on any atom is -0.399 e. The Bertz CT molecular complexity index is 566. The molecular formula is C15H16F2N2. The standard InChI is InChI=1S/C15H16F2N2/c1-9-3-11(4-10(2)15(9)17)8-19-14-6-12(16)5-13(18)7-14/h3-7,19H,8,18H2,1-2H3. The molecular weight excluding hydrogens is 246 g/mol. The molecule has 0 fully saturated rings. The van der Waals surface area contributed by atoms with Gasteiger partial charge in [-0.1, -0.05) is 12.1 Å². The van der Waals surface area contributed by atoms with Crippen molar-refractivity contribution in [1.29, 1.82) is 0 Å². The molecule has 2 rings (SSSR count). The van der Waals surface area contributed by atoms with Gasteiger partial charge in [0.2, 0.25) is 0 Å². The van der Waals surface area contributed by atoms with E-state index in [9.17, 15) is 8.78 Å². The van der Waals surface area contributed by atoms with Crippen LogP contribution in [0.2, 0.25) is 0 Å². The number of hydrogen-bond acceptors (Lipinski definition) is 2. The summed E-state index contributed by atoms with van der Waals surface area (Å²) >= 11 is 0. The van der Waals surface area contributed by atoms with Gasteiger partial charge in [0.1, 0.15) is 11.6 Å². The molecule has 19 heavy (non-hydrogen) atoms. The van der Waals surface area contributed by atoms with Gasteiger partial charge in [-0.15, -0.1) is 0 Å². The van der Waals surface area contributed by atoms with Gasteiger partial charge in [-0.3, -0.25) is 0 Å². The van der Waals surface area contributed by atoms with Crippen molar-refractivity contribution in [3.63, 3.8) is 0 Å². The summed E-state index contributed by atoms with van der Waals surface area (Å²) in [4.78, 5) is 0. The lowest BCUT2D eigenvalue weighted by Crippen LogP contribution is -2.02. The molecule has 0 heterocycles. The van der Waals surface area contributed by atoms with Crippen LogP contribution >= 0.6 is 0 Å². The van der Waals surface area contributed by atoms with Gasteiger partial charge in [0.05, 0.1) is 0 Å². The molecule has 0 radical (unpaired) electrons. The van der Waals surface area contributed by atoms with E-state index in [1.165, 1.54) is 12.1 Å². The zero-order chi connectivity index (χ0) is 14.0. The number of rotatable bonds is 3. The van der Waals surface area contributed by atoms with Gasteiger partial charge in [-0.25, -0.2) is 8.78 Å². The molecule has 0 aliphatic rings. The number of anilines is 2. The predicted molar refractivity (Wildman–Crippen MR) is 74.0 cm³/mol. The highest BCUT2D eigenvalue weighted by Crippen LogP contribution is 2.18. The van der Waals surface area contributed by atoms with Crippen LogP contribution in [0.3, 0.4) is 0 Å². The van der Waals surface area contributed by atoms with Gasteiger partial charge in [0.15, 0.2) is 0 Å². The Balaban J connectivity index is 2.14. The molecule has 0 bridgehead atoms. The molecule has 2 aromatic rings. The SMILES string of the molecule is Cc1cc(CNc2cc(N)cc(F)c2)cc(C)c1F. The van der Waals surface area contributed by atoms with E-state index < -0.39 is 0 Å². The van der Waals surface area contributed by atoms with E-state index in [-0.39, 0.29) is 11.6 Å². The summed E-state index contributed by atoms with van der Waals surface area (Å²) in [5.74, 6) is -0.562. The second-order valence-electron chi connectivity index (χ2n) is 4.67. The van der Waals surface area contributed by atoms with E-state index >= 15 is 0 Å². The molecule has 0 unspecified atom stereocenters. The molecule has 3 N–H and O–H groups in total. The Morgan fingerprint density at radius 3 is 2.21 bits per heavy atom. The van der Waals surface area contributed by atoms with Gasteiger partial charge < -0.3 is 11.1 Å². The molecule has 2 aromatic carbocycles. The van der Waals surface area contributed by atoms with Crippen LogP contribution in [-0.4, -0.2) is 0 Å². The van der Waals surface area contributed by atoms with Crippen molar-refractivity contribution < 1.29 is 8.78 Å². The van der Waals surface area contributed by atoms with E-state index in [1.54, 1.807) is 32.0 Å². The zero-order valence-electron chi connectivity index (χ0n) is 10.9. The zero-order valence-corrected chi connectivity index (χ0v) is 10.9. The van der Waals surface area contributed by atoms with Gasteiger partial charge >= 0.3 is 0 Å². The van der Waals surface area contributed by atoms with E-state index in [4.69, 9.17) is 5.73 Å². The fourth-order valence-corrected chi connectivity index (χ4v) is 2.06. The number of nitrogens with two attached hydrogens (primary N) is 1. The Kier molecular flexibility index (Phi) is 3.69. The fraction of sp³-hybridized carbons (Fsp3) is 0.200. The Hall–Kier alpha value is -2.10. The number of nitrogens with one attached hydrogen (secondary N) is 1. The average Bonchev–Trinajstić information content (AvgIpc) is 2.32. The van der Waals surface area contributed by atoms with Crippen molar-refractivity contribution in [3.8, 4) is 0 Å². The van der Waals surface area contributed by atoms with Gasteiger partial charge in [-0.05, 0) is 48.7 Å². The van der Waals surface area contributed by atoms with Crippen LogP contribution in [0.1, 0.15) is 16.7 Å². The van der Waals surface area contributed by atoms with E-state index in [0.29, 0.717) is 29.0 Å². The van der Waals surface area contributed by atoms with Crippen molar-refractivity contribution in [3.05, 3.63) is 58.7 Å². The second kappa shape index (κ2) is 5.26. The third-order valence-corrected chi connectivity index (χ3v) is 2.91. The molecule has 100 valence electrons. The molecule has 0 aliphatic carbocycles. The third kappa shape index (κ3) is 3.22. The summed E-state index contributed by atoms with van der Waals surface area (Å²) in [5, 5.41) is 3.07. The Morgan fingerprint density at radius 2 is 1.63 bits per heavy atom. The van der Waals surface area contributed by atoms with Gasteiger partial charge in [0, 0.05) is 17.9 Å². The largest absolute Gasteiger partial charge is 0.399 e. The molecule has 0 saturated carbocycles. The van der Waals surface area contributed by atoms with Gasteiger partial charge in [0.25, 0.3) is 0 Å². The first-order valence-corrected chi connectivity index (χ1v) is 6.01. The smallest absolute Gasteiger partial charge is 0.129 e.